The molecule has 2 aliphatic rings. The quantitative estimate of drug-likeness (QED) is 0.384. The molecule has 3 atom stereocenters. The van der Waals surface area contributed by atoms with Crippen molar-refractivity contribution in [2.75, 3.05) is 32.8 Å². The summed E-state index contributed by atoms with van der Waals surface area (Å²) in [7, 11) is 0. The molecule has 1 saturated carbocycles. The summed E-state index contributed by atoms with van der Waals surface area (Å²) in [6.07, 6.45) is 5.89. The molecule has 2 heterocycles. The van der Waals surface area contributed by atoms with Crippen LogP contribution < -0.4 is 15.4 Å². The van der Waals surface area contributed by atoms with E-state index >= 15 is 0 Å². The molecular weight excluding hydrogens is 518 g/mol. The van der Waals surface area contributed by atoms with E-state index in [1.165, 1.54) is 5.56 Å². The van der Waals surface area contributed by atoms with E-state index in [0.29, 0.717) is 38.4 Å². The first-order chi connectivity index (χ1) is 20.0. The van der Waals surface area contributed by atoms with Crippen LogP contribution in [0.15, 0.2) is 60.9 Å². The zero-order chi connectivity index (χ0) is 28.6. The first kappa shape index (κ1) is 28.7. The van der Waals surface area contributed by atoms with Crippen LogP contribution in [0, 0.1) is 6.92 Å². The highest BCUT2D eigenvalue weighted by Crippen LogP contribution is 2.35. The lowest BCUT2D eigenvalue weighted by atomic mass is 9.89. The number of hydrogen-bond acceptors (Lipinski definition) is 6. The number of rotatable bonds is 9. The summed E-state index contributed by atoms with van der Waals surface area (Å²) in [5.41, 5.74) is 3.37. The first-order valence-electron chi connectivity index (χ1n) is 14.8. The fraction of sp³-hybridized carbons (Fsp3) is 0.469. The molecule has 218 valence electrons. The van der Waals surface area contributed by atoms with Gasteiger partial charge in [-0.1, -0.05) is 60.9 Å². The summed E-state index contributed by atoms with van der Waals surface area (Å²) in [6.45, 7) is 6.74. The number of alkyl carbamates (subject to hydrolysis) is 1. The lowest BCUT2D eigenvalue weighted by molar-refractivity contribution is 0.0601. The van der Waals surface area contributed by atoms with E-state index < -0.39 is 6.09 Å². The fourth-order valence-electron chi connectivity index (χ4n) is 5.96. The van der Waals surface area contributed by atoms with Gasteiger partial charge in [0.25, 0.3) is 5.91 Å². The van der Waals surface area contributed by atoms with Crippen LogP contribution in [0.5, 0.6) is 5.75 Å². The van der Waals surface area contributed by atoms with Gasteiger partial charge in [-0.05, 0) is 38.8 Å². The van der Waals surface area contributed by atoms with Crippen LogP contribution in [-0.2, 0) is 4.74 Å². The Kier molecular flexibility index (Phi) is 9.56. The SMILES string of the molecule is CCOC(=O)N[C@H]1CCCC[C@@H]1n1cnc(C(=O)N2CCNC[C@H]2CCOc2ccc(C)cc2)c1-c1ccccc1. The Morgan fingerprint density at radius 3 is 2.63 bits per heavy atom. The number of amides is 2. The molecular formula is C32H41N5O4. The first-order valence-corrected chi connectivity index (χ1v) is 14.8. The van der Waals surface area contributed by atoms with Crippen molar-refractivity contribution in [2.45, 2.75) is 64.1 Å². The van der Waals surface area contributed by atoms with Crippen molar-refractivity contribution >= 4 is 12.0 Å². The molecule has 0 spiro atoms. The number of benzene rings is 2. The molecule has 0 radical (unpaired) electrons. The molecule has 0 bridgehead atoms. The van der Waals surface area contributed by atoms with Gasteiger partial charge in [-0.15, -0.1) is 0 Å². The molecule has 1 saturated heterocycles. The van der Waals surface area contributed by atoms with Gasteiger partial charge in [0.15, 0.2) is 5.69 Å². The minimum atomic E-state index is -0.404. The summed E-state index contributed by atoms with van der Waals surface area (Å²) in [4.78, 5) is 33.3. The minimum Gasteiger partial charge on any atom is -0.494 e. The Labute approximate surface area is 242 Å². The maximum absolute atomic E-state index is 14.2. The van der Waals surface area contributed by atoms with Gasteiger partial charge in [0, 0.05) is 37.7 Å². The van der Waals surface area contributed by atoms with Crippen molar-refractivity contribution in [1.29, 1.82) is 0 Å². The second kappa shape index (κ2) is 13.7. The highest BCUT2D eigenvalue weighted by atomic mass is 16.5. The third-order valence-electron chi connectivity index (χ3n) is 8.06. The zero-order valence-corrected chi connectivity index (χ0v) is 24.1. The van der Waals surface area contributed by atoms with Gasteiger partial charge in [-0.3, -0.25) is 4.79 Å². The van der Waals surface area contributed by atoms with Gasteiger partial charge >= 0.3 is 6.09 Å². The molecule has 0 unspecified atom stereocenters. The maximum atomic E-state index is 14.2. The summed E-state index contributed by atoms with van der Waals surface area (Å²) in [5.74, 6) is 0.760. The molecule has 2 fully saturated rings. The Morgan fingerprint density at radius 1 is 1.07 bits per heavy atom. The normalized spacial score (nSPS) is 20.8. The monoisotopic (exact) mass is 559 g/mol. The van der Waals surface area contributed by atoms with Crippen LogP contribution in [0.3, 0.4) is 0 Å². The Bertz CT molecular complexity index is 1290. The molecule has 9 nitrogen and oxygen atoms in total. The van der Waals surface area contributed by atoms with Crippen molar-refractivity contribution in [3.05, 3.63) is 72.2 Å². The topological polar surface area (TPSA) is 97.7 Å². The average Bonchev–Trinajstić information content (AvgIpc) is 3.44. The van der Waals surface area contributed by atoms with Crippen LogP contribution in [0.4, 0.5) is 4.79 Å². The van der Waals surface area contributed by atoms with E-state index in [0.717, 1.165) is 49.2 Å². The third kappa shape index (κ3) is 6.90. The van der Waals surface area contributed by atoms with Crippen LogP contribution in [0.2, 0.25) is 0 Å². The van der Waals surface area contributed by atoms with Gasteiger partial charge in [-0.25, -0.2) is 9.78 Å². The molecule has 2 aromatic carbocycles. The number of ether oxygens (including phenoxy) is 2. The second-order valence-corrected chi connectivity index (χ2v) is 10.8. The maximum Gasteiger partial charge on any atom is 0.407 e. The Balaban J connectivity index is 1.40. The summed E-state index contributed by atoms with van der Waals surface area (Å²) in [6, 6.07) is 17.8. The second-order valence-electron chi connectivity index (χ2n) is 10.8. The van der Waals surface area contributed by atoms with Gasteiger partial charge < -0.3 is 29.6 Å². The number of hydrogen-bond donors (Lipinski definition) is 2. The van der Waals surface area contributed by atoms with Gasteiger partial charge in [0.05, 0.1) is 37.3 Å². The van der Waals surface area contributed by atoms with Gasteiger partial charge in [0.1, 0.15) is 5.75 Å². The number of carbonyl (C=O) groups excluding carboxylic acids is 2. The summed E-state index contributed by atoms with van der Waals surface area (Å²) in [5, 5.41) is 6.51. The number of imidazole rings is 1. The van der Waals surface area contributed by atoms with E-state index in [1.807, 2.05) is 59.5 Å². The van der Waals surface area contributed by atoms with E-state index in [-0.39, 0.29) is 24.0 Å². The fourth-order valence-corrected chi connectivity index (χ4v) is 5.96. The Hall–Kier alpha value is -3.85. The largest absolute Gasteiger partial charge is 0.494 e. The summed E-state index contributed by atoms with van der Waals surface area (Å²) < 4.78 is 13.3. The van der Waals surface area contributed by atoms with E-state index in [1.54, 1.807) is 13.3 Å². The van der Waals surface area contributed by atoms with Crippen LogP contribution in [0.25, 0.3) is 11.3 Å². The van der Waals surface area contributed by atoms with E-state index in [4.69, 9.17) is 14.5 Å². The predicted octanol–water partition coefficient (Wildman–Crippen LogP) is 4.97. The highest BCUT2D eigenvalue weighted by Gasteiger charge is 2.35. The number of nitrogens with one attached hydrogen (secondary N) is 2. The van der Waals surface area contributed by atoms with Gasteiger partial charge in [0.2, 0.25) is 0 Å². The summed E-state index contributed by atoms with van der Waals surface area (Å²) >= 11 is 0. The van der Waals surface area contributed by atoms with E-state index in [2.05, 4.69) is 22.1 Å². The lowest BCUT2D eigenvalue weighted by Crippen LogP contribution is -2.54. The molecule has 41 heavy (non-hydrogen) atoms. The van der Waals surface area contributed by atoms with Gasteiger partial charge in [-0.2, -0.15) is 0 Å². The van der Waals surface area contributed by atoms with Crippen molar-refractivity contribution in [3.63, 3.8) is 0 Å². The molecule has 1 aliphatic heterocycles. The van der Waals surface area contributed by atoms with Crippen molar-refractivity contribution in [2.24, 2.45) is 0 Å². The standard InChI is InChI=1S/C32H41N5O4/c1-3-40-32(39)35-27-11-7-8-12-28(27)37-22-34-29(30(37)24-9-5-4-6-10-24)31(38)36-19-18-33-21-25(36)17-20-41-26-15-13-23(2)14-16-26/h4-6,9-10,13-16,22,25,27-28,33H,3,7-8,11-12,17-21H2,1-2H3,(H,35,39)/t25-,27+,28+/m1/s1. The minimum absolute atomic E-state index is 0.0108. The van der Waals surface area contributed by atoms with Crippen LogP contribution >= 0.6 is 0 Å². The van der Waals surface area contributed by atoms with Crippen molar-refractivity contribution in [1.82, 2.24) is 25.1 Å². The number of carbonyl (C=O) groups is 2. The Morgan fingerprint density at radius 2 is 1.85 bits per heavy atom. The molecule has 1 aromatic heterocycles. The van der Waals surface area contributed by atoms with E-state index in [9.17, 15) is 9.59 Å². The van der Waals surface area contributed by atoms with Crippen LogP contribution in [0.1, 0.15) is 61.1 Å². The molecule has 1 aliphatic carbocycles. The highest BCUT2D eigenvalue weighted by molar-refractivity contribution is 5.98. The number of aromatic nitrogens is 2. The zero-order valence-electron chi connectivity index (χ0n) is 24.1. The van der Waals surface area contributed by atoms with Crippen molar-refractivity contribution < 1.29 is 19.1 Å². The predicted molar refractivity (Wildman–Crippen MR) is 158 cm³/mol. The molecule has 2 amide bonds. The number of piperazine rings is 1. The number of aryl methyl sites for hydroxylation is 1. The molecule has 5 rings (SSSR count). The lowest BCUT2D eigenvalue weighted by Gasteiger charge is -2.36. The molecule has 9 heteroatoms. The molecule has 3 aromatic rings. The average molecular weight is 560 g/mol. The number of nitrogens with zero attached hydrogens (tertiary/aromatic N) is 3. The van der Waals surface area contributed by atoms with Crippen LogP contribution in [-0.4, -0.2) is 71.4 Å². The molecule has 2 N–H and O–H groups in total. The van der Waals surface area contributed by atoms with Crippen molar-refractivity contribution in [3.8, 4) is 17.0 Å². The smallest absolute Gasteiger partial charge is 0.407 e. The third-order valence-corrected chi connectivity index (χ3v) is 8.06.